The van der Waals surface area contributed by atoms with Crippen molar-refractivity contribution in [3.8, 4) is 0 Å². The highest BCUT2D eigenvalue weighted by Gasteiger charge is 2.27. The molecule has 2 N–H and O–H groups in total. The number of hydrogen-bond donors (Lipinski definition) is 2. The summed E-state index contributed by atoms with van der Waals surface area (Å²) in [5.74, 6) is 0.334. The van der Waals surface area contributed by atoms with Crippen LogP contribution < -0.4 is 10.0 Å². The van der Waals surface area contributed by atoms with E-state index in [-0.39, 0.29) is 6.04 Å². The summed E-state index contributed by atoms with van der Waals surface area (Å²) in [6, 6.07) is 12.8. The zero-order valence-corrected chi connectivity index (χ0v) is 18.1. The van der Waals surface area contributed by atoms with Crippen molar-refractivity contribution in [2.24, 2.45) is 5.92 Å². The summed E-state index contributed by atoms with van der Waals surface area (Å²) in [7, 11) is -3.59. The van der Waals surface area contributed by atoms with Crippen LogP contribution in [0.25, 0.3) is 10.8 Å². The molecule has 0 aromatic heterocycles. The van der Waals surface area contributed by atoms with Crippen LogP contribution in [0.3, 0.4) is 0 Å². The van der Waals surface area contributed by atoms with Crippen LogP contribution in [-0.4, -0.2) is 32.7 Å². The number of fused-ring (bicyclic) bond motifs is 1. The Hall–Kier alpha value is -2.12. The summed E-state index contributed by atoms with van der Waals surface area (Å²) in [6.45, 7) is 6.05. The molecule has 1 aliphatic rings. The highest BCUT2D eigenvalue weighted by molar-refractivity contribution is 7.89. The summed E-state index contributed by atoms with van der Waals surface area (Å²) < 4.78 is 34.1. The van der Waals surface area contributed by atoms with E-state index in [2.05, 4.69) is 10.0 Å². The second-order valence-electron chi connectivity index (χ2n) is 8.70. The number of ether oxygens (including phenoxy) is 1. The Balaban J connectivity index is 1.54. The molecule has 29 heavy (non-hydrogen) atoms. The Morgan fingerprint density at radius 1 is 1.03 bits per heavy atom. The predicted molar refractivity (Wildman–Crippen MR) is 114 cm³/mol. The van der Waals surface area contributed by atoms with Crippen LogP contribution >= 0.6 is 0 Å². The van der Waals surface area contributed by atoms with Crippen molar-refractivity contribution in [3.05, 3.63) is 42.5 Å². The van der Waals surface area contributed by atoms with Crippen molar-refractivity contribution >= 4 is 26.9 Å². The normalized spacial score (nSPS) is 20.4. The van der Waals surface area contributed by atoms with Gasteiger partial charge in [-0.2, -0.15) is 0 Å². The van der Waals surface area contributed by atoms with Gasteiger partial charge < -0.3 is 10.1 Å². The maximum atomic E-state index is 13.0. The van der Waals surface area contributed by atoms with Crippen molar-refractivity contribution < 1.29 is 17.9 Å². The van der Waals surface area contributed by atoms with Crippen molar-refractivity contribution in [1.82, 2.24) is 10.0 Å². The number of alkyl carbamates (subject to hydrolysis) is 1. The van der Waals surface area contributed by atoms with Gasteiger partial charge in [-0.15, -0.1) is 0 Å². The lowest BCUT2D eigenvalue weighted by atomic mass is 9.86. The summed E-state index contributed by atoms with van der Waals surface area (Å²) >= 11 is 0. The number of sulfonamides is 1. The molecule has 7 heteroatoms. The van der Waals surface area contributed by atoms with E-state index in [1.807, 2.05) is 51.1 Å². The van der Waals surface area contributed by atoms with E-state index in [1.54, 1.807) is 12.1 Å². The molecule has 0 atom stereocenters. The monoisotopic (exact) mass is 418 g/mol. The van der Waals surface area contributed by atoms with Gasteiger partial charge in [0.2, 0.25) is 10.0 Å². The van der Waals surface area contributed by atoms with Crippen LogP contribution in [0.2, 0.25) is 0 Å². The smallest absolute Gasteiger partial charge is 0.407 e. The van der Waals surface area contributed by atoms with Crippen molar-refractivity contribution in [2.45, 2.75) is 63.0 Å². The molecule has 0 bridgehead atoms. The minimum Gasteiger partial charge on any atom is -0.444 e. The Morgan fingerprint density at radius 2 is 1.69 bits per heavy atom. The second-order valence-corrected chi connectivity index (χ2v) is 10.4. The maximum Gasteiger partial charge on any atom is 0.407 e. The Bertz CT molecular complexity index is 953. The minimum atomic E-state index is -3.59. The highest BCUT2D eigenvalue weighted by Crippen LogP contribution is 2.27. The number of hydrogen-bond acceptors (Lipinski definition) is 4. The van der Waals surface area contributed by atoms with Crippen LogP contribution in [-0.2, 0) is 14.8 Å². The number of rotatable bonds is 5. The first-order valence-electron chi connectivity index (χ1n) is 10.1. The molecule has 0 aliphatic heterocycles. The first-order valence-corrected chi connectivity index (χ1v) is 11.6. The molecule has 0 spiro atoms. The van der Waals surface area contributed by atoms with Gasteiger partial charge in [-0.05, 0) is 63.8 Å². The number of benzene rings is 2. The average molecular weight is 419 g/mol. The van der Waals surface area contributed by atoms with Gasteiger partial charge in [0.15, 0.2) is 0 Å². The third-order valence-electron chi connectivity index (χ3n) is 5.14. The van der Waals surface area contributed by atoms with Crippen LogP contribution in [0.15, 0.2) is 47.4 Å². The van der Waals surface area contributed by atoms with E-state index < -0.39 is 21.7 Å². The molecular weight excluding hydrogens is 388 g/mol. The predicted octanol–water partition coefficient (Wildman–Crippen LogP) is 4.20. The van der Waals surface area contributed by atoms with Gasteiger partial charge in [0.05, 0.1) is 4.90 Å². The molecule has 0 radical (unpaired) electrons. The van der Waals surface area contributed by atoms with Crippen molar-refractivity contribution in [1.29, 1.82) is 0 Å². The number of carbonyl (C=O) groups is 1. The molecule has 1 aliphatic carbocycles. The number of nitrogens with one attached hydrogen (secondary N) is 2. The molecule has 2 aromatic carbocycles. The van der Waals surface area contributed by atoms with Gasteiger partial charge in [-0.1, -0.05) is 36.4 Å². The molecule has 0 unspecified atom stereocenters. The van der Waals surface area contributed by atoms with E-state index in [1.165, 1.54) is 0 Å². The van der Waals surface area contributed by atoms with Gasteiger partial charge in [-0.25, -0.2) is 17.9 Å². The largest absolute Gasteiger partial charge is 0.444 e. The van der Waals surface area contributed by atoms with Crippen molar-refractivity contribution in [2.75, 3.05) is 6.54 Å². The SMILES string of the molecule is CC(C)(C)OC(=O)NCC1CCC(NS(=O)(=O)c2cccc3ccccc23)CC1. The average Bonchev–Trinajstić information content (AvgIpc) is 2.65. The topological polar surface area (TPSA) is 84.5 Å². The lowest BCUT2D eigenvalue weighted by Crippen LogP contribution is -2.40. The fraction of sp³-hybridized carbons (Fsp3) is 0.500. The number of amides is 1. The molecule has 1 fully saturated rings. The summed E-state index contributed by atoms with van der Waals surface area (Å²) in [5.41, 5.74) is -0.512. The Kier molecular flexibility index (Phi) is 6.49. The molecular formula is C22H30N2O4S. The van der Waals surface area contributed by atoms with Gasteiger partial charge in [0, 0.05) is 18.0 Å². The maximum absolute atomic E-state index is 13.0. The molecule has 1 saturated carbocycles. The molecule has 158 valence electrons. The van der Waals surface area contributed by atoms with Crippen LogP contribution in [0.4, 0.5) is 4.79 Å². The van der Waals surface area contributed by atoms with Crippen LogP contribution in [0, 0.1) is 5.92 Å². The van der Waals surface area contributed by atoms with Crippen LogP contribution in [0.5, 0.6) is 0 Å². The zero-order valence-electron chi connectivity index (χ0n) is 17.3. The summed E-state index contributed by atoms with van der Waals surface area (Å²) in [5, 5.41) is 4.46. The van der Waals surface area contributed by atoms with E-state index in [9.17, 15) is 13.2 Å². The Morgan fingerprint density at radius 3 is 2.38 bits per heavy atom. The van der Waals surface area contributed by atoms with Crippen molar-refractivity contribution in [3.63, 3.8) is 0 Å². The molecule has 3 rings (SSSR count). The molecule has 1 amide bonds. The van der Waals surface area contributed by atoms with Gasteiger partial charge in [-0.3, -0.25) is 0 Å². The van der Waals surface area contributed by atoms with E-state index in [0.29, 0.717) is 17.4 Å². The van der Waals surface area contributed by atoms with E-state index in [0.717, 1.165) is 36.5 Å². The van der Waals surface area contributed by atoms with E-state index >= 15 is 0 Å². The van der Waals surface area contributed by atoms with E-state index in [4.69, 9.17) is 4.74 Å². The molecule has 0 heterocycles. The fourth-order valence-corrected chi connectivity index (χ4v) is 5.27. The van der Waals surface area contributed by atoms with Gasteiger partial charge in [0.25, 0.3) is 0 Å². The summed E-state index contributed by atoms with van der Waals surface area (Å²) in [6.07, 6.45) is 2.82. The number of carbonyl (C=O) groups excluding carboxylic acids is 1. The minimum absolute atomic E-state index is 0.0863. The highest BCUT2D eigenvalue weighted by atomic mass is 32.2. The lowest BCUT2D eigenvalue weighted by molar-refractivity contribution is 0.0514. The van der Waals surface area contributed by atoms with Crippen LogP contribution in [0.1, 0.15) is 46.5 Å². The lowest BCUT2D eigenvalue weighted by Gasteiger charge is -2.29. The molecule has 0 saturated heterocycles. The summed E-state index contributed by atoms with van der Waals surface area (Å²) in [4.78, 5) is 12.1. The van der Waals surface area contributed by atoms with Gasteiger partial charge in [0.1, 0.15) is 5.60 Å². The molecule has 6 nitrogen and oxygen atoms in total. The molecule has 2 aromatic rings. The first-order chi connectivity index (χ1) is 13.6. The van der Waals surface area contributed by atoms with Gasteiger partial charge >= 0.3 is 6.09 Å². The fourth-order valence-electron chi connectivity index (χ4n) is 3.74. The first kappa shape index (κ1) is 21.6. The third-order valence-corrected chi connectivity index (χ3v) is 6.72. The quantitative estimate of drug-likeness (QED) is 0.762. The second kappa shape index (κ2) is 8.71. The standard InChI is InChI=1S/C22H30N2O4S/c1-22(2,3)28-21(25)23-15-16-11-13-18(14-12-16)24-29(26,27)20-10-6-8-17-7-4-5-9-19(17)20/h4-10,16,18,24H,11-15H2,1-3H3,(H,23,25). The zero-order chi connectivity index (χ0) is 21.1. The third kappa shape index (κ3) is 5.93. The Labute approximate surface area is 173 Å².